The van der Waals surface area contributed by atoms with Crippen molar-refractivity contribution in [3.63, 3.8) is 0 Å². The zero-order valence-corrected chi connectivity index (χ0v) is 8.77. The average molecular weight is 222 g/mol. The van der Waals surface area contributed by atoms with Gasteiger partial charge in [0.2, 0.25) is 0 Å². The van der Waals surface area contributed by atoms with Crippen LogP contribution in [0.4, 0.5) is 0 Å². The fourth-order valence-electron chi connectivity index (χ4n) is 0.487. The number of nitrogens with zero attached hydrogens (tertiary/aromatic N) is 2. The van der Waals surface area contributed by atoms with Crippen LogP contribution in [0.25, 0.3) is 0 Å². The van der Waals surface area contributed by atoms with Crippen LogP contribution < -0.4 is 23.2 Å². The van der Waals surface area contributed by atoms with Crippen LogP contribution in [0, 0.1) is 0 Å². The molecule has 0 aliphatic rings. The predicted octanol–water partition coefficient (Wildman–Crippen LogP) is -0.780. The normalized spacial score (nSPS) is 13.2. The molecule has 0 spiro atoms. The van der Waals surface area contributed by atoms with Gasteiger partial charge in [0.25, 0.3) is 0 Å². The number of nitrogens with two attached hydrogens (primary N) is 4. The highest BCUT2D eigenvalue weighted by molar-refractivity contribution is 8.14. The number of hydrazone groups is 2. The molecule has 0 aromatic rings. The van der Waals surface area contributed by atoms with E-state index in [0.717, 1.165) is 17.9 Å². The molecular formula is C5H14N6S2. The molecule has 0 bridgehead atoms. The van der Waals surface area contributed by atoms with Crippen LogP contribution in [0.15, 0.2) is 10.2 Å². The Hall–Kier alpha value is -0.760. The molecular weight excluding hydrogens is 208 g/mol. The van der Waals surface area contributed by atoms with Crippen molar-refractivity contribution in [2.75, 3.05) is 11.5 Å². The van der Waals surface area contributed by atoms with Gasteiger partial charge in [-0.25, -0.2) is 0 Å². The van der Waals surface area contributed by atoms with E-state index in [0.29, 0.717) is 10.3 Å². The van der Waals surface area contributed by atoms with Gasteiger partial charge in [-0.05, 0) is 6.42 Å². The lowest BCUT2D eigenvalue weighted by atomic mass is 10.6. The Bertz CT molecular complexity index is 171. The molecule has 0 saturated heterocycles. The highest BCUT2D eigenvalue weighted by Crippen LogP contribution is 2.07. The van der Waals surface area contributed by atoms with E-state index in [2.05, 4.69) is 10.2 Å². The molecule has 8 N–H and O–H groups in total. The van der Waals surface area contributed by atoms with E-state index in [9.17, 15) is 0 Å². The van der Waals surface area contributed by atoms with Gasteiger partial charge in [-0.3, -0.25) is 0 Å². The molecule has 0 aliphatic carbocycles. The fourth-order valence-corrected chi connectivity index (χ4v) is 1.81. The average Bonchev–Trinajstić information content (AvgIpc) is 2.16. The van der Waals surface area contributed by atoms with Crippen LogP contribution in [0.3, 0.4) is 0 Å². The minimum absolute atomic E-state index is 0.394. The summed E-state index contributed by atoms with van der Waals surface area (Å²) < 4.78 is 0. The Morgan fingerprint density at radius 1 is 0.923 bits per heavy atom. The van der Waals surface area contributed by atoms with Crippen molar-refractivity contribution < 1.29 is 0 Å². The van der Waals surface area contributed by atoms with Gasteiger partial charge in [-0.1, -0.05) is 23.5 Å². The van der Waals surface area contributed by atoms with Crippen molar-refractivity contribution in [2.45, 2.75) is 6.42 Å². The zero-order valence-electron chi connectivity index (χ0n) is 7.14. The van der Waals surface area contributed by atoms with Crippen LogP contribution in [0.2, 0.25) is 0 Å². The van der Waals surface area contributed by atoms with Crippen molar-refractivity contribution in [3.8, 4) is 0 Å². The summed E-state index contributed by atoms with van der Waals surface area (Å²) in [7, 11) is 0. The van der Waals surface area contributed by atoms with E-state index in [1.54, 1.807) is 0 Å². The first-order valence-corrected chi connectivity index (χ1v) is 5.50. The molecule has 76 valence electrons. The smallest absolute Gasteiger partial charge is 0.177 e. The molecule has 0 unspecified atom stereocenters. The molecule has 0 atom stereocenters. The van der Waals surface area contributed by atoms with Crippen LogP contribution in [-0.2, 0) is 0 Å². The molecule has 0 rings (SSSR count). The first kappa shape index (κ1) is 12.2. The summed E-state index contributed by atoms with van der Waals surface area (Å²) in [6.07, 6.45) is 0.946. The summed E-state index contributed by atoms with van der Waals surface area (Å²) in [5.74, 6) is 11.6. The molecule has 13 heavy (non-hydrogen) atoms. The van der Waals surface area contributed by atoms with Gasteiger partial charge >= 0.3 is 0 Å². The van der Waals surface area contributed by atoms with E-state index >= 15 is 0 Å². The van der Waals surface area contributed by atoms with Crippen molar-refractivity contribution in [1.82, 2.24) is 0 Å². The van der Waals surface area contributed by atoms with Crippen LogP contribution in [0.1, 0.15) is 6.42 Å². The molecule has 0 aliphatic heterocycles. The lowest BCUT2D eigenvalue weighted by Gasteiger charge is -1.99. The first-order valence-electron chi connectivity index (χ1n) is 3.53. The zero-order chi connectivity index (χ0) is 10.1. The van der Waals surface area contributed by atoms with Gasteiger partial charge in [0, 0.05) is 11.5 Å². The highest BCUT2D eigenvalue weighted by atomic mass is 32.2. The maximum absolute atomic E-state index is 5.35. The molecule has 8 heteroatoms. The Kier molecular flexibility index (Phi) is 7.41. The Balaban J connectivity index is 3.27. The van der Waals surface area contributed by atoms with Crippen molar-refractivity contribution in [2.24, 2.45) is 33.4 Å². The van der Waals surface area contributed by atoms with Gasteiger partial charge in [-0.15, -0.1) is 0 Å². The SMILES string of the molecule is NN=C(N)SCCCSC(N)=NN. The van der Waals surface area contributed by atoms with Gasteiger partial charge in [0.1, 0.15) is 0 Å². The minimum Gasteiger partial charge on any atom is -0.377 e. The van der Waals surface area contributed by atoms with E-state index in [1.807, 2.05) is 0 Å². The summed E-state index contributed by atoms with van der Waals surface area (Å²) in [5, 5.41) is 7.43. The Morgan fingerprint density at radius 3 is 1.62 bits per heavy atom. The van der Waals surface area contributed by atoms with Crippen LogP contribution in [0.5, 0.6) is 0 Å². The monoisotopic (exact) mass is 222 g/mol. The summed E-state index contributed by atoms with van der Waals surface area (Å²) in [6, 6.07) is 0. The second-order valence-corrected chi connectivity index (χ2v) is 4.22. The third-order valence-corrected chi connectivity index (χ3v) is 2.83. The summed E-state index contributed by atoms with van der Waals surface area (Å²) in [6.45, 7) is 0. The fraction of sp³-hybridized carbons (Fsp3) is 0.600. The number of amidine groups is 2. The van der Waals surface area contributed by atoms with Gasteiger partial charge in [0.05, 0.1) is 0 Å². The Labute approximate surface area is 85.5 Å². The number of hydrogen-bond acceptors (Lipinski definition) is 6. The van der Waals surface area contributed by atoms with Crippen LogP contribution in [-0.4, -0.2) is 21.8 Å². The van der Waals surface area contributed by atoms with E-state index in [1.165, 1.54) is 23.5 Å². The van der Waals surface area contributed by atoms with E-state index in [4.69, 9.17) is 23.2 Å². The van der Waals surface area contributed by atoms with E-state index in [-0.39, 0.29) is 0 Å². The minimum atomic E-state index is 0.394. The van der Waals surface area contributed by atoms with Gasteiger partial charge < -0.3 is 23.2 Å². The Morgan fingerprint density at radius 2 is 1.31 bits per heavy atom. The maximum atomic E-state index is 5.35. The van der Waals surface area contributed by atoms with E-state index < -0.39 is 0 Å². The second kappa shape index (κ2) is 7.87. The quantitative estimate of drug-likeness (QED) is 0.162. The van der Waals surface area contributed by atoms with Crippen molar-refractivity contribution in [1.29, 1.82) is 0 Å². The highest BCUT2D eigenvalue weighted by Gasteiger charge is 1.95. The third kappa shape index (κ3) is 7.60. The molecule has 0 aromatic heterocycles. The molecule has 0 saturated carbocycles. The molecule has 0 amide bonds. The molecule has 0 heterocycles. The third-order valence-electron chi connectivity index (χ3n) is 1.04. The lowest BCUT2D eigenvalue weighted by Crippen LogP contribution is -2.11. The largest absolute Gasteiger partial charge is 0.377 e. The number of rotatable bonds is 4. The summed E-state index contributed by atoms with van der Waals surface area (Å²) in [5.41, 5.74) is 10.7. The summed E-state index contributed by atoms with van der Waals surface area (Å²) in [4.78, 5) is 0. The number of hydrogen-bond donors (Lipinski definition) is 4. The number of thioether (sulfide) groups is 2. The molecule has 6 nitrogen and oxygen atoms in total. The summed E-state index contributed by atoms with van der Waals surface area (Å²) >= 11 is 2.83. The second-order valence-electron chi connectivity index (χ2n) is 1.99. The van der Waals surface area contributed by atoms with Gasteiger partial charge in [-0.2, -0.15) is 10.2 Å². The van der Waals surface area contributed by atoms with Gasteiger partial charge in [0.15, 0.2) is 10.3 Å². The molecule has 0 radical (unpaired) electrons. The van der Waals surface area contributed by atoms with Crippen LogP contribution >= 0.6 is 23.5 Å². The van der Waals surface area contributed by atoms with Crippen molar-refractivity contribution >= 4 is 33.9 Å². The predicted molar refractivity (Wildman–Crippen MR) is 61.2 cm³/mol. The molecule has 0 fully saturated rings. The van der Waals surface area contributed by atoms with Crippen molar-refractivity contribution in [3.05, 3.63) is 0 Å². The standard InChI is InChI=1S/C5H14N6S2/c6-4(10-8)12-2-1-3-13-5(7)11-9/h1-3,8-9H2,(H2,6,10)(H2,7,11). The molecule has 0 aromatic carbocycles. The topological polar surface area (TPSA) is 129 Å². The maximum Gasteiger partial charge on any atom is 0.177 e. The lowest BCUT2D eigenvalue weighted by molar-refractivity contribution is 1.13. The first-order chi connectivity index (χ1) is 6.20.